The topological polar surface area (TPSA) is 53.7 Å². The molecule has 0 saturated carbocycles. The Kier molecular flexibility index (Phi) is 8.59. The third-order valence-electron chi connectivity index (χ3n) is 3.69. The van der Waals surface area contributed by atoms with Crippen LogP contribution in [0.4, 0.5) is 0 Å². The summed E-state index contributed by atoms with van der Waals surface area (Å²) >= 11 is 2.06. The fourth-order valence-corrected chi connectivity index (χ4v) is 3.52. The van der Waals surface area contributed by atoms with Gasteiger partial charge in [0, 0.05) is 37.2 Å². The van der Waals surface area contributed by atoms with Crippen LogP contribution in [-0.2, 0) is 6.54 Å². The molecule has 1 aliphatic heterocycles. The number of nitrogens with zero attached hydrogens (tertiary/aromatic N) is 3. The SMILES string of the molecule is CCC1CN(C(=NC)NCc2cc(C(C)C)no2)CCS1.I. The lowest BCUT2D eigenvalue weighted by atomic mass is 10.1. The van der Waals surface area contributed by atoms with E-state index >= 15 is 0 Å². The second-order valence-corrected chi connectivity index (χ2v) is 7.03. The molecule has 1 aromatic rings. The first-order valence-electron chi connectivity index (χ1n) is 7.66. The number of thioether (sulfide) groups is 1. The Labute approximate surface area is 154 Å². The lowest BCUT2D eigenvalue weighted by Gasteiger charge is -2.34. The van der Waals surface area contributed by atoms with Gasteiger partial charge in [0.1, 0.15) is 0 Å². The van der Waals surface area contributed by atoms with Crippen LogP contribution in [0.5, 0.6) is 0 Å². The molecule has 1 aliphatic rings. The van der Waals surface area contributed by atoms with E-state index in [9.17, 15) is 0 Å². The smallest absolute Gasteiger partial charge is 0.194 e. The highest BCUT2D eigenvalue weighted by molar-refractivity contribution is 14.0. The lowest BCUT2D eigenvalue weighted by Crippen LogP contribution is -2.47. The van der Waals surface area contributed by atoms with Crippen LogP contribution in [0, 0.1) is 0 Å². The molecule has 7 heteroatoms. The van der Waals surface area contributed by atoms with E-state index in [1.54, 1.807) is 0 Å². The number of guanidine groups is 1. The van der Waals surface area contributed by atoms with Crippen molar-refractivity contribution in [1.29, 1.82) is 0 Å². The minimum Gasteiger partial charge on any atom is -0.359 e. The van der Waals surface area contributed by atoms with Gasteiger partial charge in [-0.25, -0.2) is 0 Å². The summed E-state index contributed by atoms with van der Waals surface area (Å²) < 4.78 is 5.36. The van der Waals surface area contributed by atoms with Crippen molar-refractivity contribution >= 4 is 41.7 Å². The number of aliphatic imine (C=N–C) groups is 1. The lowest BCUT2D eigenvalue weighted by molar-refractivity contribution is 0.364. The predicted octanol–water partition coefficient (Wildman–Crippen LogP) is 3.32. The molecule has 5 nitrogen and oxygen atoms in total. The first-order chi connectivity index (χ1) is 10.1. The monoisotopic (exact) mass is 438 g/mol. The highest BCUT2D eigenvalue weighted by Gasteiger charge is 2.21. The summed E-state index contributed by atoms with van der Waals surface area (Å²) in [6.45, 7) is 9.23. The highest BCUT2D eigenvalue weighted by Crippen LogP contribution is 2.21. The minimum absolute atomic E-state index is 0. The van der Waals surface area contributed by atoms with Crippen LogP contribution < -0.4 is 5.32 Å². The van der Waals surface area contributed by atoms with Crippen molar-refractivity contribution in [2.24, 2.45) is 4.99 Å². The van der Waals surface area contributed by atoms with Gasteiger partial charge in [-0.2, -0.15) is 11.8 Å². The summed E-state index contributed by atoms with van der Waals surface area (Å²) in [7, 11) is 1.84. The van der Waals surface area contributed by atoms with Gasteiger partial charge in [0.05, 0.1) is 12.2 Å². The number of nitrogens with one attached hydrogen (secondary N) is 1. The maximum absolute atomic E-state index is 5.36. The quantitative estimate of drug-likeness (QED) is 0.444. The minimum atomic E-state index is 0. The molecule has 0 aromatic carbocycles. The number of halogens is 1. The zero-order valence-electron chi connectivity index (χ0n) is 13.8. The Balaban J connectivity index is 0.00000242. The molecule has 0 bridgehead atoms. The maximum atomic E-state index is 5.36. The summed E-state index contributed by atoms with van der Waals surface area (Å²) in [5, 5.41) is 8.17. The molecule has 0 amide bonds. The normalized spacial score (nSPS) is 19.2. The van der Waals surface area contributed by atoms with Gasteiger partial charge in [0.2, 0.25) is 0 Å². The fraction of sp³-hybridized carbons (Fsp3) is 0.733. The van der Waals surface area contributed by atoms with Gasteiger partial charge in [-0.15, -0.1) is 24.0 Å². The van der Waals surface area contributed by atoms with E-state index in [1.165, 1.54) is 12.2 Å². The van der Waals surface area contributed by atoms with Gasteiger partial charge in [-0.1, -0.05) is 25.9 Å². The van der Waals surface area contributed by atoms with Crippen molar-refractivity contribution in [1.82, 2.24) is 15.4 Å². The first-order valence-corrected chi connectivity index (χ1v) is 8.71. The molecule has 1 fully saturated rings. The molecule has 1 aromatic heterocycles. The van der Waals surface area contributed by atoms with Gasteiger partial charge in [-0.05, 0) is 12.3 Å². The number of hydrogen-bond acceptors (Lipinski definition) is 4. The van der Waals surface area contributed by atoms with Crippen LogP contribution in [0.2, 0.25) is 0 Å². The van der Waals surface area contributed by atoms with E-state index in [0.717, 1.165) is 30.5 Å². The molecule has 1 atom stereocenters. The molecule has 22 heavy (non-hydrogen) atoms. The Morgan fingerprint density at radius 1 is 1.59 bits per heavy atom. The van der Waals surface area contributed by atoms with Gasteiger partial charge >= 0.3 is 0 Å². The summed E-state index contributed by atoms with van der Waals surface area (Å²) in [6.07, 6.45) is 1.21. The highest BCUT2D eigenvalue weighted by atomic mass is 127. The second-order valence-electron chi connectivity index (χ2n) is 5.62. The Bertz CT molecular complexity index is 478. The van der Waals surface area contributed by atoms with Crippen LogP contribution in [0.25, 0.3) is 0 Å². The molecule has 0 aliphatic carbocycles. The van der Waals surface area contributed by atoms with Crippen molar-refractivity contribution in [2.45, 2.75) is 44.9 Å². The molecule has 1 N–H and O–H groups in total. The van der Waals surface area contributed by atoms with E-state index in [4.69, 9.17) is 4.52 Å². The molecule has 2 rings (SSSR count). The molecule has 0 spiro atoms. The Morgan fingerprint density at radius 2 is 2.36 bits per heavy atom. The van der Waals surface area contributed by atoms with Gasteiger partial charge in [0.25, 0.3) is 0 Å². The molecule has 0 radical (unpaired) electrons. The van der Waals surface area contributed by atoms with E-state index in [2.05, 4.69) is 52.9 Å². The predicted molar refractivity (Wildman–Crippen MR) is 104 cm³/mol. The van der Waals surface area contributed by atoms with Crippen molar-refractivity contribution in [3.05, 3.63) is 17.5 Å². The Hall–Kier alpha value is -0.440. The summed E-state index contributed by atoms with van der Waals surface area (Å²) in [5.41, 5.74) is 1.00. The van der Waals surface area contributed by atoms with Crippen molar-refractivity contribution in [2.75, 3.05) is 25.9 Å². The van der Waals surface area contributed by atoms with Crippen molar-refractivity contribution in [3.8, 4) is 0 Å². The van der Waals surface area contributed by atoms with Crippen LogP contribution in [0.15, 0.2) is 15.6 Å². The molecule has 2 heterocycles. The van der Waals surface area contributed by atoms with E-state index in [0.29, 0.717) is 17.7 Å². The standard InChI is InChI=1S/C15H26N4OS.HI/c1-5-13-10-19(6-7-21-13)15(16-4)17-9-12-8-14(11(2)3)18-20-12;/h8,11,13H,5-7,9-10H2,1-4H3,(H,16,17);1H. The van der Waals surface area contributed by atoms with Crippen molar-refractivity contribution in [3.63, 3.8) is 0 Å². The van der Waals surface area contributed by atoms with Gasteiger partial charge in [-0.3, -0.25) is 4.99 Å². The van der Waals surface area contributed by atoms with Crippen LogP contribution in [0.1, 0.15) is 44.6 Å². The summed E-state index contributed by atoms with van der Waals surface area (Å²) in [4.78, 5) is 6.74. The summed E-state index contributed by atoms with van der Waals surface area (Å²) in [6, 6.07) is 2.02. The third-order valence-corrected chi connectivity index (χ3v) is 5.07. The van der Waals surface area contributed by atoms with E-state index < -0.39 is 0 Å². The fourth-order valence-electron chi connectivity index (χ4n) is 2.34. The largest absolute Gasteiger partial charge is 0.359 e. The number of aromatic nitrogens is 1. The van der Waals surface area contributed by atoms with Crippen LogP contribution in [0.3, 0.4) is 0 Å². The number of rotatable bonds is 4. The molecular weight excluding hydrogens is 411 g/mol. The zero-order chi connectivity index (χ0) is 15.2. The number of hydrogen-bond donors (Lipinski definition) is 1. The Morgan fingerprint density at radius 3 is 2.95 bits per heavy atom. The molecule has 1 unspecified atom stereocenters. The molecular formula is C15H27IN4OS. The average molecular weight is 438 g/mol. The van der Waals surface area contributed by atoms with Crippen molar-refractivity contribution < 1.29 is 4.52 Å². The maximum Gasteiger partial charge on any atom is 0.194 e. The second kappa shape index (κ2) is 9.64. The van der Waals surface area contributed by atoms with Crippen LogP contribution >= 0.6 is 35.7 Å². The molecule has 1 saturated heterocycles. The third kappa shape index (κ3) is 5.33. The van der Waals surface area contributed by atoms with Crippen LogP contribution in [-0.4, -0.2) is 47.2 Å². The summed E-state index contributed by atoms with van der Waals surface area (Å²) in [5.74, 6) is 3.37. The molecule has 126 valence electrons. The van der Waals surface area contributed by atoms with E-state index in [1.807, 2.05) is 13.1 Å². The first kappa shape index (κ1) is 19.6. The zero-order valence-corrected chi connectivity index (χ0v) is 17.0. The average Bonchev–Trinajstić information content (AvgIpc) is 2.97. The van der Waals surface area contributed by atoms with E-state index in [-0.39, 0.29) is 24.0 Å². The van der Waals surface area contributed by atoms with Gasteiger partial charge in [0.15, 0.2) is 11.7 Å². The van der Waals surface area contributed by atoms with Gasteiger partial charge < -0.3 is 14.7 Å².